The van der Waals surface area contributed by atoms with Gasteiger partial charge >= 0.3 is 0 Å². The SMILES string of the molecule is O=c1c2c(nc(-c3ccc(Cl)cc3)n1S(=O)(=O)c1ccccc1)CCCC2. The Morgan fingerprint density at radius 2 is 1.59 bits per heavy atom. The van der Waals surface area contributed by atoms with E-state index in [0.29, 0.717) is 34.7 Å². The normalized spacial score (nSPS) is 14.0. The fraction of sp³-hybridized carbons (Fsp3) is 0.200. The molecular formula is C20H17ClN2O3S. The molecule has 0 spiro atoms. The van der Waals surface area contributed by atoms with Crippen LogP contribution < -0.4 is 5.56 Å². The number of fused-ring (bicyclic) bond motifs is 1. The Hall–Kier alpha value is -2.44. The fourth-order valence-electron chi connectivity index (χ4n) is 3.34. The van der Waals surface area contributed by atoms with E-state index in [9.17, 15) is 13.2 Å². The van der Waals surface area contributed by atoms with Gasteiger partial charge in [-0.3, -0.25) is 4.79 Å². The molecule has 0 bridgehead atoms. The van der Waals surface area contributed by atoms with Crippen molar-refractivity contribution in [2.75, 3.05) is 0 Å². The van der Waals surface area contributed by atoms with Gasteiger partial charge in [-0.1, -0.05) is 29.8 Å². The standard InChI is InChI=1S/C20H17ClN2O3S/c21-15-12-10-14(11-13-15)19-22-18-9-5-4-8-17(18)20(24)23(19)27(25,26)16-6-2-1-3-7-16/h1-3,6-7,10-13H,4-5,8-9H2. The van der Waals surface area contributed by atoms with Crippen molar-refractivity contribution < 1.29 is 8.42 Å². The predicted molar refractivity (Wildman–Crippen MR) is 105 cm³/mol. The highest BCUT2D eigenvalue weighted by atomic mass is 35.5. The average Bonchev–Trinajstić information content (AvgIpc) is 2.69. The monoisotopic (exact) mass is 400 g/mol. The van der Waals surface area contributed by atoms with Crippen molar-refractivity contribution in [3.05, 3.63) is 81.2 Å². The van der Waals surface area contributed by atoms with Crippen LogP contribution in [0.15, 0.2) is 64.3 Å². The molecule has 0 fully saturated rings. The lowest BCUT2D eigenvalue weighted by Crippen LogP contribution is -2.34. The number of nitrogens with zero attached hydrogens (tertiary/aromatic N) is 2. The molecule has 3 aromatic rings. The number of aryl methyl sites for hydroxylation is 1. The van der Waals surface area contributed by atoms with Gasteiger partial charge in [0.2, 0.25) is 0 Å². The third-order valence-electron chi connectivity index (χ3n) is 4.70. The fourth-order valence-corrected chi connectivity index (χ4v) is 4.88. The summed E-state index contributed by atoms with van der Waals surface area (Å²) >= 11 is 5.96. The Morgan fingerprint density at radius 1 is 0.926 bits per heavy atom. The lowest BCUT2D eigenvalue weighted by atomic mass is 9.97. The van der Waals surface area contributed by atoms with Crippen LogP contribution in [0.3, 0.4) is 0 Å². The summed E-state index contributed by atoms with van der Waals surface area (Å²) in [6.45, 7) is 0. The molecule has 0 aliphatic heterocycles. The summed E-state index contributed by atoms with van der Waals surface area (Å²) in [4.78, 5) is 17.9. The summed E-state index contributed by atoms with van der Waals surface area (Å²) < 4.78 is 27.4. The van der Waals surface area contributed by atoms with Crippen LogP contribution in [-0.2, 0) is 22.9 Å². The van der Waals surface area contributed by atoms with Crippen molar-refractivity contribution in [1.82, 2.24) is 8.96 Å². The van der Waals surface area contributed by atoms with E-state index in [1.807, 2.05) is 0 Å². The Balaban J connectivity index is 2.05. The van der Waals surface area contributed by atoms with E-state index in [-0.39, 0.29) is 10.7 Å². The highest BCUT2D eigenvalue weighted by Gasteiger charge is 2.28. The van der Waals surface area contributed by atoms with Crippen LogP contribution >= 0.6 is 11.6 Å². The van der Waals surface area contributed by atoms with Crippen molar-refractivity contribution in [3.63, 3.8) is 0 Å². The van der Waals surface area contributed by atoms with Crippen molar-refractivity contribution in [2.45, 2.75) is 30.6 Å². The van der Waals surface area contributed by atoms with Gasteiger partial charge in [0.15, 0.2) is 5.82 Å². The van der Waals surface area contributed by atoms with Gasteiger partial charge in [-0.05, 0) is 62.1 Å². The average molecular weight is 401 g/mol. The number of hydrogen-bond acceptors (Lipinski definition) is 4. The maximum absolute atomic E-state index is 13.3. The van der Waals surface area contributed by atoms with Crippen molar-refractivity contribution in [2.24, 2.45) is 0 Å². The summed E-state index contributed by atoms with van der Waals surface area (Å²) in [7, 11) is -4.08. The number of hydrogen-bond donors (Lipinski definition) is 0. The van der Waals surface area contributed by atoms with E-state index >= 15 is 0 Å². The minimum atomic E-state index is -4.08. The van der Waals surface area contributed by atoms with E-state index in [1.54, 1.807) is 42.5 Å². The lowest BCUT2D eigenvalue weighted by Gasteiger charge is -2.20. The first-order chi connectivity index (χ1) is 13.0. The molecule has 4 rings (SSSR count). The van der Waals surface area contributed by atoms with E-state index in [4.69, 9.17) is 11.6 Å². The molecule has 1 aromatic heterocycles. The highest BCUT2D eigenvalue weighted by molar-refractivity contribution is 7.90. The predicted octanol–water partition coefficient (Wildman–Crippen LogP) is 3.68. The van der Waals surface area contributed by atoms with E-state index in [0.717, 1.165) is 16.8 Å². The summed E-state index contributed by atoms with van der Waals surface area (Å²) in [5.74, 6) is 0.126. The molecule has 0 saturated heterocycles. The Kier molecular flexibility index (Phi) is 4.61. The topological polar surface area (TPSA) is 69.0 Å². The van der Waals surface area contributed by atoms with Crippen molar-refractivity contribution >= 4 is 21.6 Å². The van der Waals surface area contributed by atoms with Gasteiger partial charge < -0.3 is 0 Å². The van der Waals surface area contributed by atoms with Crippen LogP contribution in [0.1, 0.15) is 24.1 Å². The number of benzene rings is 2. The number of rotatable bonds is 3. The molecule has 0 amide bonds. The zero-order chi connectivity index (χ0) is 19.0. The van der Waals surface area contributed by atoms with Crippen LogP contribution in [-0.4, -0.2) is 17.4 Å². The van der Waals surface area contributed by atoms with Gasteiger partial charge in [0, 0.05) is 16.1 Å². The van der Waals surface area contributed by atoms with Crippen LogP contribution in [0.25, 0.3) is 11.4 Å². The van der Waals surface area contributed by atoms with Gasteiger partial charge in [0.1, 0.15) is 0 Å². The molecule has 0 N–H and O–H groups in total. The first-order valence-electron chi connectivity index (χ1n) is 8.70. The first kappa shape index (κ1) is 17.9. The minimum Gasteiger partial charge on any atom is -0.268 e. The third-order valence-corrected chi connectivity index (χ3v) is 6.64. The van der Waals surface area contributed by atoms with Crippen molar-refractivity contribution in [3.8, 4) is 11.4 Å². The summed E-state index contributed by atoms with van der Waals surface area (Å²) in [6, 6.07) is 14.6. The second kappa shape index (κ2) is 6.94. The molecule has 1 aliphatic carbocycles. The number of aromatic nitrogens is 2. The zero-order valence-electron chi connectivity index (χ0n) is 14.4. The van der Waals surface area contributed by atoms with Gasteiger partial charge in [-0.25, -0.2) is 13.4 Å². The lowest BCUT2D eigenvalue weighted by molar-refractivity contribution is 0.581. The largest absolute Gasteiger partial charge is 0.272 e. The van der Waals surface area contributed by atoms with Gasteiger partial charge in [-0.15, -0.1) is 0 Å². The second-order valence-electron chi connectivity index (χ2n) is 6.46. The highest BCUT2D eigenvalue weighted by Crippen LogP contribution is 2.26. The van der Waals surface area contributed by atoms with Crippen molar-refractivity contribution in [1.29, 1.82) is 0 Å². The maximum Gasteiger partial charge on any atom is 0.272 e. The smallest absolute Gasteiger partial charge is 0.268 e. The molecule has 138 valence electrons. The Bertz CT molecular complexity index is 1150. The molecule has 0 radical (unpaired) electrons. The van der Waals surface area contributed by atoms with E-state index in [2.05, 4.69) is 4.98 Å². The molecule has 7 heteroatoms. The molecule has 0 unspecified atom stereocenters. The van der Waals surface area contributed by atoms with Gasteiger partial charge in [-0.2, -0.15) is 3.97 Å². The molecule has 27 heavy (non-hydrogen) atoms. The Labute approximate surface area is 162 Å². The molecule has 1 aliphatic rings. The molecule has 1 heterocycles. The molecule has 0 saturated carbocycles. The van der Waals surface area contributed by atoms with Crippen LogP contribution in [0.5, 0.6) is 0 Å². The summed E-state index contributed by atoms with van der Waals surface area (Å²) in [5, 5.41) is 0.525. The summed E-state index contributed by atoms with van der Waals surface area (Å²) in [6.07, 6.45) is 3.02. The van der Waals surface area contributed by atoms with Crippen LogP contribution in [0.4, 0.5) is 0 Å². The quantitative estimate of drug-likeness (QED) is 0.672. The van der Waals surface area contributed by atoms with Crippen LogP contribution in [0.2, 0.25) is 5.02 Å². The first-order valence-corrected chi connectivity index (χ1v) is 10.5. The summed E-state index contributed by atoms with van der Waals surface area (Å²) in [5.41, 5.74) is 1.21. The van der Waals surface area contributed by atoms with E-state index < -0.39 is 15.6 Å². The third kappa shape index (κ3) is 3.19. The van der Waals surface area contributed by atoms with Gasteiger partial charge in [0.05, 0.1) is 10.6 Å². The molecule has 2 aromatic carbocycles. The molecule has 5 nitrogen and oxygen atoms in total. The van der Waals surface area contributed by atoms with Gasteiger partial charge in [0.25, 0.3) is 15.6 Å². The van der Waals surface area contributed by atoms with Crippen LogP contribution in [0, 0.1) is 0 Å². The minimum absolute atomic E-state index is 0.0554. The second-order valence-corrected chi connectivity index (χ2v) is 8.69. The zero-order valence-corrected chi connectivity index (χ0v) is 16.0. The Morgan fingerprint density at radius 3 is 2.30 bits per heavy atom. The maximum atomic E-state index is 13.3. The molecule has 0 atom stereocenters. The molecular weight excluding hydrogens is 384 g/mol. The van der Waals surface area contributed by atoms with E-state index in [1.165, 1.54) is 12.1 Å². The number of halogens is 1.